The third kappa shape index (κ3) is 5.15. The number of carbonyl (C=O) groups is 2. The number of benzene rings is 1. The maximum Gasteiger partial charge on any atom is 0.243 e. The van der Waals surface area contributed by atoms with Crippen molar-refractivity contribution in [2.75, 3.05) is 32.7 Å². The first-order chi connectivity index (χ1) is 15.8. The van der Waals surface area contributed by atoms with Crippen molar-refractivity contribution in [3.63, 3.8) is 0 Å². The monoisotopic (exact) mass is 489 g/mol. The first-order valence-corrected chi connectivity index (χ1v) is 13.8. The number of amides is 2. The molecule has 0 radical (unpaired) electrons. The SMILES string of the molecule is Cc1ccc(C)c(S(=O)(=O)N2CCN(C(=O)CCC(=O)N3CCC[C@@H]3c3cccs3)CC2)c1. The van der Waals surface area contributed by atoms with E-state index in [1.165, 1.54) is 9.18 Å². The van der Waals surface area contributed by atoms with Crippen molar-refractivity contribution < 1.29 is 18.0 Å². The van der Waals surface area contributed by atoms with Gasteiger partial charge in [0.05, 0.1) is 10.9 Å². The summed E-state index contributed by atoms with van der Waals surface area (Å²) in [5.41, 5.74) is 1.62. The fraction of sp³-hybridized carbons (Fsp3) is 0.500. The topological polar surface area (TPSA) is 78.0 Å². The van der Waals surface area contributed by atoms with Crippen LogP contribution in [0.2, 0.25) is 0 Å². The Balaban J connectivity index is 1.30. The van der Waals surface area contributed by atoms with Gasteiger partial charge in [0, 0.05) is 50.4 Å². The lowest BCUT2D eigenvalue weighted by atomic mass is 10.1. The average molecular weight is 490 g/mol. The molecule has 2 amide bonds. The van der Waals surface area contributed by atoms with Crippen molar-refractivity contribution >= 4 is 33.2 Å². The van der Waals surface area contributed by atoms with Crippen LogP contribution >= 0.6 is 11.3 Å². The lowest BCUT2D eigenvalue weighted by Crippen LogP contribution is -2.50. The number of hydrogen-bond acceptors (Lipinski definition) is 5. The number of nitrogens with zero attached hydrogens (tertiary/aromatic N) is 3. The van der Waals surface area contributed by atoms with Gasteiger partial charge in [-0.15, -0.1) is 11.3 Å². The Labute approximate surface area is 200 Å². The van der Waals surface area contributed by atoms with Crippen LogP contribution in [0.3, 0.4) is 0 Å². The fourth-order valence-electron chi connectivity index (χ4n) is 4.66. The maximum absolute atomic E-state index is 13.1. The van der Waals surface area contributed by atoms with Gasteiger partial charge < -0.3 is 9.80 Å². The molecule has 2 aliphatic rings. The Morgan fingerprint density at radius 3 is 2.42 bits per heavy atom. The second-order valence-corrected chi connectivity index (χ2v) is 11.7. The van der Waals surface area contributed by atoms with E-state index in [0.29, 0.717) is 18.0 Å². The highest BCUT2D eigenvalue weighted by Gasteiger charge is 2.33. The molecule has 1 aromatic heterocycles. The number of piperazine rings is 1. The molecule has 2 aliphatic heterocycles. The van der Waals surface area contributed by atoms with Crippen LogP contribution in [0.5, 0.6) is 0 Å². The van der Waals surface area contributed by atoms with Crippen LogP contribution in [0.1, 0.15) is 47.7 Å². The Bertz CT molecular complexity index is 1110. The Morgan fingerprint density at radius 2 is 1.73 bits per heavy atom. The minimum absolute atomic E-state index is 0.0235. The molecule has 1 aromatic carbocycles. The molecule has 0 saturated carbocycles. The predicted octanol–water partition coefficient (Wildman–Crippen LogP) is 3.34. The summed E-state index contributed by atoms with van der Waals surface area (Å²) >= 11 is 1.67. The molecule has 0 bridgehead atoms. The summed E-state index contributed by atoms with van der Waals surface area (Å²) in [5, 5.41) is 2.03. The van der Waals surface area contributed by atoms with Gasteiger partial charge in [-0.1, -0.05) is 18.2 Å². The molecule has 0 unspecified atom stereocenters. The molecule has 2 saturated heterocycles. The maximum atomic E-state index is 13.1. The minimum Gasteiger partial charge on any atom is -0.340 e. The molecule has 2 aromatic rings. The molecule has 9 heteroatoms. The number of likely N-dealkylation sites (tertiary alicyclic amines) is 1. The molecule has 2 fully saturated rings. The van der Waals surface area contributed by atoms with Crippen molar-refractivity contribution in [1.29, 1.82) is 0 Å². The normalized spacial score (nSPS) is 19.8. The van der Waals surface area contributed by atoms with E-state index in [1.807, 2.05) is 35.4 Å². The van der Waals surface area contributed by atoms with Gasteiger partial charge in [0.15, 0.2) is 0 Å². The van der Waals surface area contributed by atoms with Crippen LogP contribution in [0.15, 0.2) is 40.6 Å². The number of thiophene rings is 1. The van der Waals surface area contributed by atoms with E-state index < -0.39 is 10.0 Å². The van der Waals surface area contributed by atoms with Crippen molar-refractivity contribution in [2.45, 2.75) is 50.5 Å². The van der Waals surface area contributed by atoms with Gasteiger partial charge in [-0.3, -0.25) is 9.59 Å². The summed E-state index contributed by atoms with van der Waals surface area (Å²) in [6.07, 6.45) is 2.31. The van der Waals surface area contributed by atoms with Gasteiger partial charge in [0.1, 0.15) is 0 Å². The van der Waals surface area contributed by atoms with Crippen LogP contribution in [0, 0.1) is 13.8 Å². The predicted molar refractivity (Wildman–Crippen MR) is 128 cm³/mol. The van der Waals surface area contributed by atoms with Gasteiger partial charge in [0.25, 0.3) is 0 Å². The molecule has 33 heavy (non-hydrogen) atoms. The molecule has 178 valence electrons. The number of aryl methyl sites for hydroxylation is 2. The van der Waals surface area contributed by atoms with E-state index in [0.717, 1.165) is 30.5 Å². The van der Waals surface area contributed by atoms with Crippen LogP contribution in [0.25, 0.3) is 0 Å². The van der Waals surface area contributed by atoms with Crippen LogP contribution in [0.4, 0.5) is 0 Å². The van der Waals surface area contributed by atoms with Crippen LogP contribution in [-0.2, 0) is 19.6 Å². The van der Waals surface area contributed by atoms with E-state index in [1.54, 1.807) is 29.2 Å². The lowest BCUT2D eigenvalue weighted by molar-refractivity contribution is -0.138. The van der Waals surface area contributed by atoms with Crippen molar-refractivity contribution in [3.05, 3.63) is 51.7 Å². The molecule has 0 aliphatic carbocycles. The number of carbonyl (C=O) groups excluding carboxylic acids is 2. The van der Waals surface area contributed by atoms with E-state index in [4.69, 9.17) is 0 Å². The summed E-state index contributed by atoms with van der Waals surface area (Å²) in [4.78, 5) is 30.7. The van der Waals surface area contributed by atoms with Crippen molar-refractivity contribution in [1.82, 2.24) is 14.1 Å². The third-order valence-electron chi connectivity index (χ3n) is 6.55. The second kappa shape index (κ2) is 9.95. The molecule has 1 atom stereocenters. The first-order valence-electron chi connectivity index (χ1n) is 11.5. The molecule has 4 rings (SSSR count). The van der Waals surface area contributed by atoms with Crippen LogP contribution in [-0.4, -0.2) is 67.1 Å². The van der Waals surface area contributed by atoms with E-state index in [2.05, 4.69) is 6.07 Å². The van der Waals surface area contributed by atoms with E-state index >= 15 is 0 Å². The molecule has 0 spiro atoms. The lowest BCUT2D eigenvalue weighted by Gasteiger charge is -2.34. The molecule has 3 heterocycles. The summed E-state index contributed by atoms with van der Waals surface area (Å²) < 4.78 is 27.7. The zero-order chi connectivity index (χ0) is 23.6. The zero-order valence-electron chi connectivity index (χ0n) is 19.2. The van der Waals surface area contributed by atoms with E-state index in [-0.39, 0.29) is 43.8 Å². The summed E-state index contributed by atoms with van der Waals surface area (Å²) in [6.45, 7) is 5.64. The zero-order valence-corrected chi connectivity index (χ0v) is 20.8. The Hall–Kier alpha value is -2.23. The number of hydrogen-bond donors (Lipinski definition) is 0. The summed E-state index contributed by atoms with van der Waals surface area (Å²) in [7, 11) is -3.59. The van der Waals surface area contributed by atoms with Gasteiger partial charge in [-0.05, 0) is 55.3 Å². The van der Waals surface area contributed by atoms with Gasteiger partial charge in [-0.2, -0.15) is 4.31 Å². The number of rotatable bonds is 6. The minimum atomic E-state index is -3.59. The van der Waals surface area contributed by atoms with Crippen molar-refractivity contribution in [2.24, 2.45) is 0 Å². The smallest absolute Gasteiger partial charge is 0.243 e. The number of sulfonamides is 1. The average Bonchev–Trinajstić information content (AvgIpc) is 3.50. The summed E-state index contributed by atoms with van der Waals surface area (Å²) in [5.74, 6) is -0.0607. The first kappa shape index (κ1) is 23.9. The standard InChI is InChI=1S/C24H31N3O4S2/c1-18-7-8-19(2)22(17-18)33(30,31)26-14-12-25(13-15-26)23(28)9-10-24(29)27-11-3-5-20(27)21-6-4-16-32-21/h4,6-8,16-17,20H,3,5,9-15H2,1-2H3/t20-/m1/s1. The van der Waals surface area contributed by atoms with E-state index in [9.17, 15) is 18.0 Å². The highest BCUT2D eigenvalue weighted by atomic mass is 32.2. The van der Waals surface area contributed by atoms with Gasteiger partial charge in [-0.25, -0.2) is 8.42 Å². The van der Waals surface area contributed by atoms with Gasteiger partial charge in [0.2, 0.25) is 21.8 Å². The fourth-order valence-corrected chi connectivity index (χ4v) is 7.27. The van der Waals surface area contributed by atoms with Crippen LogP contribution < -0.4 is 0 Å². The Morgan fingerprint density at radius 1 is 1.00 bits per heavy atom. The highest BCUT2D eigenvalue weighted by Crippen LogP contribution is 2.35. The molecule has 0 N–H and O–H groups in total. The third-order valence-corrected chi connectivity index (χ3v) is 9.56. The largest absolute Gasteiger partial charge is 0.340 e. The van der Waals surface area contributed by atoms with Gasteiger partial charge >= 0.3 is 0 Å². The quantitative estimate of drug-likeness (QED) is 0.624. The molecular formula is C24H31N3O4S2. The second-order valence-electron chi connectivity index (χ2n) is 8.81. The van der Waals surface area contributed by atoms with Crippen molar-refractivity contribution in [3.8, 4) is 0 Å². The molecule has 7 nitrogen and oxygen atoms in total. The molecular weight excluding hydrogens is 458 g/mol. The highest BCUT2D eigenvalue weighted by molar-refractivity contribution is 7.89. The Kier molecular flexibility index (Phi) is 7.21. The summed E-state index contributed by atoms with van der Waals surface area (Å²) in [6, 6.07) is 9.63.